The minimum absolute atomic E-state index is 0.0276. The second kappa shape index (κ2) is 8.69. The highest BCUT2D eigenvalue weighted by Gasteiger charge is 2.36. The normalized spacial score (nSPS) is 21.4. The van der Waals surface area contributed by atoms with Gasteiger partial charge in [0.1, 0.15) is 0 Å². The van der Waals surface area contributed by atoms with Crippen molar-refractivity contribution in [2.75, 3.05) is 14.1 Å². The third-order valence-electron chi connectivity index (χ3n) is 5.33. The molecular formula is C21H24ClN3O4. The summed E-state index contributed by atoms with van der Waals surface area (Å²) in [6.45, 7) is 0. The Labute approximate surface area is 174 Å². The molecule has 1 aliphatic rings. The van der Waals surface area contributed by atoms with Gasteiger partial charge in [0, 0.05) is 36.6 Å². The Balaban J connectivity index is 1.74. The fourth-order valence-corrected chi connectivity index (χ4v) is 4.04. The molecule has 8 heteroatoms. The average molecular weight is 418 g/mol. The quantitative estimate of drug-likeness (QED) is 0.711. The molecule has 154 valence electrons. The van der Waals surface area contributed by atoms with Crippen molar-refractivity contribution in [1.29, 1.82) is 0 Å². The van der Waals surface area contributed by atoms with Crippen molar-refractivity contribution in [3.8, 4) is 0 Å². The molecule has 3 N–H and O–H groups in total. The third-order valence-corrected chi connectivity index (χ3v) is 5.57. The van der Waals surface area contributed by atoms with Gasteiger partial charge in [-0.1, -0.05) is 23.7 Å². The van der Waals surface area contributed by atoms with E-state index in [4.69, 9.17) is 11.6 Å². The lowest BCUT2D eigenvalue weighted by atomic mass is 9.81. The van der Waals surface area contributed by atoms with Crippen molar-refractivity contribution >= 4 is 40.3 Å². The average Bonchev–Trinajstić information content (AvgIpc) is 2.67. The molecule has 1 aliphatic carbocycles. The van der Waals surface area contributed by atoms with Crippen LogP contribution in [-0.2, 0) is 4.79 Å². The van der Waals surface area contributed by atoms with E-state index in [2.05, 4.69) is 10.6 Å². The maximum Gasteiger partial charge on any atom is 0.404 e. The van der Waals surface area contributed by atoms with Gasteiger partial charge in [-0.05, 0) is 54.3 Å². The number of hydrogen-bond donors (Lipinski definition) is 3. The van der Waals surface area contributed by atoms with E-state index in [9.17, 15) is 19.5 Å². The molecule has 7 nitrogen and oxygen atoms in total. The summed E-state index contributed by atoms with van der Waals surface area (Å²) < 4.78 is 0. The molecule has 0 heterocycles. The zero-order valence-corrected chi connectivity index (χ0v) is 17.1. The summed E-state index contributed by atoms with van der Waals surface area (Å²) in [7, 11) is 3.37. The van der Waals surface area contributed by atoms with Crippen LogP contribution in [-0.4, -0.2) is 54.1 Å². The largest absolute Gasteiger partial charge is 0.465 e. The standard InChI is InChI=1S/C21H24ClN3O4/c1-25(2)20(27)15-6-8-17(18(11-15)24-21(28)29)23-19(26)14-4-3-13-10-16(22)7-5-12(13)9-14/h3-5,7,9-10,15,17-18,24H,6,8,11H2,1-2H3,(H,23,26)(H,28,29)/t15-,17-,18+/m0/s1. The van der Waals surface area contributed by atoms with Crippen LogP contribution >= 0.6 is 11.6 Å². The summed E-state index contributed by atoms with van der Waals surface area (Å²) in [5, 5.41) is 17.0. The fraction of sp³-hybridized carbons (Fsp3) is 0.381. The SMILES string of the molecule is CN(C)C(=O)[C@H]1CC[C@H](NC(=O)c2ccc3cc(Cl)ccc3c2)[C@H](NC(=O)O)C1. The summed E-state index contributed by atoms with van der Waals surface area (Å²) in [4.78, 5) is 37.8. The van der Waals surface area contributed by atoms with E-state index in [0.717, 1.165) is 10.8 Å². The van der Waals surface area contributed by atoms with Gasteiger partial charge in [-0.2, -0.15) is 0 Å². The predicted molar refractivity (Wildman–Crippen MR) is 111 cm³/mol. The van der Waals surface area contributed by atoms with Crippen LogP contribution in [0, 0.1) is 5.92 Å². The highest BCUT2D eigenvalue weighted by molar-refractivity contribution is 6.31. The molecule has 0 spiro atoms. The molecule has 0 saturated heterocycles. The van der Waals surface area contributed by atoms with Crippen molar-refractivity contribution in [2.24, 2.45) is 5.92 Å². The number of amides is 3. The lowest BCUT2D eigenvalue weighted by molar-refractivity contribution is -0.134. The van der Waals surface area contributed by atoms with Crippen LogP contribution in [0.1, 0.15) is 29.6 Å². The molecular weight excluding hydrogens is 394 g/mol. The van der Waals surface area contributed by atoms with Gasteiger partial charge in [-0.3, -0.25) is 9.59 Å². The second-order valence-corrected chi connectivity index (χ2v) is 8.02. The van der Waals surface area contributed by atoms with E-state index >= 15 is 0 Å². The number of carbonyl (C=O) groups is 3. The molecule has 2 aromatic rings. The smallest absolute Gasteiger partial charge is 0.404 e. The lowest BCUT2D eigenvalue weighted by Crippen LogP contribution is -2.55. The second-order valence-electron chi connectivity index (χ2n) is 7.58. The van der Waals surface area contributed by atoms with Crippen LogP contribution in [0.3, 0.4) is 0 Å². The number of nitrogens with one attached hydrogen (secondary N) is 2. The van der Waals surface area contributed by atoms with Gasteiger partial charge >= 0.3 is 6.09 Å². The fourth-order valence-electron chi connectivity index (χ4n) is 3.86. The highest BCUT2D eigenvalue weighted by Crippen LogP contribution is 2.27. The Morgan fingerprint density at radius 2 is 1.69 bits per heavy atom. The van der Waals surface area contributed by atoms with E-state index in [1.165, 1.54) is 4.90 Å². The van der Waals surface area contributed by atoms with E-state index in [0.29, 0.717) is 29.8 Å². The summed E-state index contributed by atoms with van der Waals surface area (Å²) in [6.07, 6.45) is 0.291. The molecule has 29 heavy (non-hydrogen) atoms. The predicted octanol–water partition coefficient (Wildman–Crippen LogP) is 3.12. The molecule has 3 atom stereocenters. The summed E-state index contributed by atoms with van der Waals surface area (Å²) >= 11 is 6.00. The number of rotatable bonds is 4. The van der Waals surface area contributed by atoms with E-state index in [-0.39, 0.29) is 23.8 Å². The first-order valence-electron chi connectivity index (χ1n) is 9.45. The van der Waals surface area contributed by atoms with E-state index in [1.807, 2.05) is 18.2 Å². The van der Waals surface area contributed by atoms with Gasteiger partial charge in [0.05, 0.1) is 6.04 Å². The summed E-state index contributed by atoms with van der Waals surface area (Å²) in [5.74, 6) is -0.568. The van der Waals surface area contributed by atoms with Crippen LogP contribution < -0.4 is 10.6 Å². The Morgan fingerprint density at radius 1 is 1.00 bits per heavy atom. The molecule has 0 radical (unpaired) electrons. The van der Waals surface area contributed by atoms with Gasteiger partial charge in [-0.15, -0.1) is 0 Å². The van der Waals surface area contributed by atoms with Crippen LogP contribution in [0.5, 0.6) is 0 Å². The van der Waals surface area contributed by atoms with Crippen molar-refractivity contribution in [3.63, 3.8) is 0 Å². The van der Waals surface area contributed by atoms with Crippen molar-refractivity contribution in [2.45, 2.75) is 31.3 Å². The van der Waals surface area contributed by atoms with Crippen LogP contribution in [0.2, 0.25) is 5.02 Å². The van der Waals surface area contributed by atoms with Crippen molar-refractivity contribution < 1.29 is 19.5 Å². The summed E-state index contributed by atoms with van der Waals surface area (Å²) in [5.41, 5.74) is 0.486. The number of halogens is 1. The Morgan fingerprint density at radius 3 is 2.38 bits per heavy atom. The molecule has 1 fully saturated rings. The highest BCUT2D eigenvalue weighted by atomic mass is 35.5. The maximum absolute atomic E-state index is 12.8. The number of carboxylic acid groups (broad SMARTS) is 1. The minimum atomic E-state index is -1.17. The number of benzene rings is 2. The lowest BCUT2D eigenvalue weighted by Gasteiger charge is -2.36. The molecule has 3 rings (SSSR count). The Bertz CT molecular complexity index is 947. The number of hydrogen-bond acceptors (Lipinski definition) is 3. The van der Waals surface area contributed by atoms with Crippen LogP contribution in [0.4, 0.5) is 4.79 Å². The third kappa shape index (κ3) is 4.98. The van der Waals surface area contributed by atoms with Gasteiger partial charge < -0.3 is 20.6 Å². The number of fused-ring (bicyclic) bond motifs is 1. The first-order valence-corrected chi connectivity index (χ1v) is 9.83. The van der Waals surface area contributed by atoms with E-state index in [1.54, 1.807) is 32.3 Å². The van der Waals surface area contributed by atoms with Crippen molar-refractivity contribution in [1.82, 2.24) is 15.5 Å². The zero-order chi connectivity index (χ0) is 21.1. The van der Waals surface area contributed by atoms with Crippen LogP contribution in [0.15, 0.2) is 36.4 Å². The van der Waals surface area contributed by atoms with Gasteiger partial charge in [0.25, 0.3) is 5.91 Å². The first kappa shape index (κ1) is 20.9. The molecule has 1 saturated carbocycles. The number of carbonyl (C=O) groups excluding carboxylic acids is 2. The molecule has 0 unspecified atom stereocenters. The first-order chi connectivity index (χ1) is 13.7. The molecule has 0 aliphatic heterocycles. The Kier molecular flexibility index (Phi) is 6.27. The number of nitrogens with zero attached hydrogens (tertiary/aromatic N) is 1. The van der Waals surface area contributed by atoms with E-state index < -0.39 is 12.1 Å². The van der Waals surface area contributed by atoms with Crippen molar-refractivity contribution in [3.05, 3.63) is 47.0 Å². The maximum atomic E-state index is 12.8. The molecule has 0 bridgehead atoms. The zero-order valence-electron chi connectivity index (χ0n) is 16.3. The van der Waals surface area contributed by atoms with Gasteiger partial charge in [-0.25, -0.2) is 4.79 Å². The summed E-state index contributed by atoms with van der Waals surface area (Å²) in [6, 6.07) is 9.85. The van der Waals surface area contributed by atoms with Crippen LogP contribution in [0.25, 0.3) is 10.8 Å². The molecule has 2 aromatic carbocycles. The molecule has 0 aromatic heterocycles. The Hall–Kier alpha value is -2.80. The topological polar surface area (TPSA) is 98.7 Å². The monoisotopic (exact) mass is 417 g/mol. The minimum Gasteiger partial charge on any atom is -0.465 e. The molecule has 3 amide bonds. The van der Waals surface area contributed by atoms with Gasteiger partial charge in [0.2, 0.25) is 5.91 Å². The van der Waals surface area contributed by atoms with Gasteiger partial charge in [0.15, 0.2) is 0 Å².